The molecular weight excluding hydrogens is 422 g/mol. The highest BCUT2D eigenvalue weighted by molar-refractivity contribution is 6.48. The Morgan fingerprint density at radius 2 is 1.79 bits per heavy atom. The van der Waals surface area contributed by atoms with Crippen LogP contribution in [0.3, 0.4) is 0 Å². The van der Waals surface area contributed by atoms with Gasteiger partial charge in [0.2, 0.25) is 5.78 Å². The molecule has 4 rings (SSSR count). The average Bonchev–Trinajstić information content (AvgIpc) is 3.45. The number of amides is 1. The van der Waals surface area contributed by atoms with Crippen LogP contribution in [-0.2, 0) is 14.4 Å². The van der Waals surface area contributed by atoms with Gasteiger partial charge in [-0.05, 0) is 42.5 Å². The summed E-state index contributed by atoms with van der Waals surface area (Å²) in [5.74, 6) is -2.25. The molecule has 0 spiro atoms. The van der Waals surface area contributed by atoms with E-state index < -0.39 is 29.6 Å². The molecule has 1 saturated heterocycles. The molecular formula is C26H25NO6. The van der Waals surface area contributed by atoms with E-state index in [9.17, 15) is 19.5 Å². The third-order valence-electron chi connectivity index (χ3n) is 5.72. The third-order valence-corrected chi connectivity index (χ3v) is 5.72. The zero-order chi connectivity index (χ0) is 23.5. The molecule has 3 aromatic rings. The van der Waals surface area contributed by atoms with Crippen LogP contribution in [0.1, 0.15) is 25.5 Å². The first-order chi connectivity index (χ1) is 15.9. The molecule has 2 atom stereocenters. The van der Waals surface area contributed by atoms with Gasteiger partial charge in [-0.15, -0.1) is 0 Å². The van der Waals surface area contributed by atoms with Crippen LogP contribution in [0.5, 0.6) is 5.75 Å². The van der Waals surface area contributed by atoms with Crippen molar-refractivity contribution >= 4 is 23.2 Å². The predicted octanol–water partition coefficient (Wildman–Crippen LogP) is 3.82. The molecule has 2 unspecified atom stereocenters. The lowest BCUT2D eigenvalue weighted by Crippen LogP contribution is -2.32. The number of benzene rings is 2. The minimum absolute atomic E-state index is 0.0479. The SMILES string of the molecule is CC(C)C(=O)C1C(=O)C(=O)N(c2ccc(-c3ccco3)cc2)C1c1ccccc1OCCO. The second kappa shape index (κ2) is 9.42. The van der Waals surface area contributed by atoms with Crippen LogP contribution >= 0.6 is 0 Å². The quantitative estimate of drug-likeness (QED) is 0.417. The van der Waals surface area contributed by atoms with Gasteiger partial charge in [-0.2, -0.15) is 0 Å². The van der Waals surface area contributed by atoms with Crippen LogP contribution in [-0.4, -0.2) is 35.8 Å². The molecule has 0 bridgehead atoms. The minimum Gasteiger partial charge on any atom is -0.491 e. The topological polar surface area (TPSA) is 97.1 Å². The molecule has 7 nitrogen and oxygen atoms in total. The van der Waals surface area contributed by atoms with E-state index in [1.54, 1.807) is 74.7 Å². The summed E-state index contributed by atoms with van der Waals surface area (Å²) in [5, 5.41) is 9.21. The molecule has 1 fully saturated rings. The van der Waals surface area contributed by atoms with Gasteiger partial charge in [-0.25, -0.2) is 0 Å². The number of hydrogen-bond donors (Lipinski definition) is 1. The Labute approximate surface area is 191 Å². The van der Waals surface area contributed by atoms with Gasteiger partial charge in [-0.1, -0.05) is 32.0 Å². The van der Waals surface area contributed by atoms with E-state index in [0.29, 0.717) is 22.8 Å². The maximum atomic E-state index is 13.2. The van der Waals surface area contributed by atoms with Gasteiger partial charge in [0.15, 0.2) is 0 Å². The smallest absolute Gasteiger partial charge is 0.295 e. The summed E-state index contributed by atoms with van der Waals surface area (Å²) >= 11 is 0. The number of ether oxygens (including phenoxy) is 1. The normalized spacial score (nSPS) is 18.2. The second-order valence-corrected chi connectivity index (χ2v) is 8.15. The first-order valence-electron chi connectivity index (χ1n) is 10.8. The van der Waals surface area contributed by atoms with E-state index in [2.05, 4.69) is 0 Å². The van der Waals surface area contributed by atoms with Crippen LogP contribution in [0.25, 0.3) is 11.3 Å². The molecule has 1 amide bonds. The Morgan fingerprint density at radius 3 is 2.42 bits per heavy atom. The Morgan fingerprint density at radius 1 is 1.06 bits per heavy atom. The lowest BCUT2D eigenvalue weighted by atomic mass is 9.84. The van der Waals surface area contributed by atoms with Gasteiger partial charge in [0, 0.05) is 22.7 Å². The number of para-hydroxylation sites is 1. The van der Waals surface area contributed by atoms with Gasteiger partial charge in [0.05, 0.1) is 18.9 Å². The fourth-order valence-corrected chi connectivity index (χ4v) is 4.15. The number of carbonyl (C=O) groups excluding carboxylic acids is 3. The van der Waals surface area contributed by atoms with Crippen molar-refractivity contribution < 1.29 is 28.6 Å². The van der Waals surface area contributed by atoms with Crippen molar-refractivity contribution in [2.24, 2.45) is 11.8 Å². The number of aliphatic hydroxyl groups is 1. The van der Waals surface area contributed by atoms with Crippen molar-refractivity contribution in [3.63, 3.8) is 0 Å². The van der Waals surface area contributed by atoms with Gasteiger partial charge < -0.3 is 14.3 Å². The van der Waals surface area contributed by atoms with E-state index >= 15 is 0 Å². The maximum Gasteiger partial charge on any atom is 0.295 e. The Hall–Kier alpha value is -3.71. The standard InChI is InChI=1S/C26H25NO6/c1-16(2)24(29)22-23(19-6-3-4-7-21(19)33-15-13-28)27(26(31)25(22)30)18-11-9-17(10-12-18)20-8-5-14-32-20/h3-12,14,16,22-23,28H,13,15H2,1-2H3. The van der Waals surface area contributed by atoms with E-state index in [-0.39, 0.29) is 19.0 Å². The van der Waals surface area contributed by atoms with E-state index in [1.807, 2.05) is 6.07 Å². The molecule has 1 N–H and O–H groups in total. The zero-order valence-electron chi connectivity index (χ0n) is 18.4. The highest BCUT2D eigenvalue weighted by Gasteiger charge is 2.53. The molecule has 2 aromatic carbocycles. The summed E-state index contributed by atoms with van der Waals surface area (Å²) in [5.41, 5.74) is 1.85. The monoisotopic (exact) mass is 447 g/mol. The summed E-state index contributed by atoms with van der Waals surface area (Å²) in [7, 11) is 0. The molecule has 33 heavy (non-hydrogen) atoms. The molecule has 0 saturated carbocycles. The largest absolute Gasteiger partial charge is 0.491 e. The number of anilines is 1. The Balaban J connectivity index is 1.82. The fraction of sp³-hybridized carbons (Fsp3) is 0.269. The second-order valence-electron chi connectivity index (χ2n) is 8.15. The summed E-state index contributed by atoms with van der Waals surface area (Å²) in [6.45, 7) is 3.29. The van der Waals surface area contributed by atoms with Crippen LogP contribution in [0.4, 0.5) is 5.69 Å². The molecule has 1 aromatic heterocycles. The van der Waals surface area contributed by atoms with Crippen molar-refractivity contribution in [3.05, 3.63) is 72.5 Å². The summed E-state index contributed by atoms with van der Waals surface area (Å²) in [6.07, 6.45) is 1.58. The lowest BCUT2D eigenvalue weighted by molar-refractivity contribution is -0.139. The van der Waals surface area contributed by atoms with Crippen LogP contribution < -0.4 is 9.64 Å². The van der Waals surface area contributed by atoms with E-state index in [4.69, 9.17) is 9.15 Å². The van der Waals surface area contributed by atoms with Crippen LogP contribution in [0, 0.1) is 11.8 Å². The minimum atomic E-state index is -1.15. The summed E-state index contributed by atoms with van der Waals surface area (Å²) < 4.78 is 11.1. The van der Waals surface area contributed by atoms with Crippen molar-refractivity contribution in [1.82, 2.24) is 0 Å². The van der Waals surface area contributed by atoms with Crippen molar-refractivity contribution in [3.8, 4) is 17.1 Å². The van der Waals surface area contributed by atoms with Gasteiger partial charge >= 0.3 is 0 Å². The number of Topliss-reactive ketones (excluding diaryl/α,β-unsaturated/α-hetero) is 2. The summed E-state index contributed by atoms with van der Waals surface area (Å²) in [6, 6.07) is 16.8. The zero-order valence-corrected chi connectivity index (χ0v) is 18.4. The highest BCUT2D eigenvalue weighted by Crippen LogP contribution is 2.44. The Bertz CT molecular complexity index is 1150. The lowest BCUT2D eigenvalue weighted by Gasteiger charge is -2.29. The first kappa shape index (κ1) is 22.5. The first-order valence-corrected chi connectivity index (χ1v) is 10.8. The number of aliphatic hydroxyl groups excluding tert-OH is 1. The van der Waals surface area contributed by atoms with E-state index in [0.717, 1.165) is 5.56 Å². The van der Waals surface area contributed by atoms with Crippen LogP contribution in [0.2, 0.25) is 0 Å². The Kier molecular flexibility index (Phi) is 6.42. The maximum absolute atomic E-state index is 13.2. The van der Waals surface area contributed by atoms with Crippen molar-refractivity contribution in [1.29, 1.82) is 0 Å². The van der Waals surface area contributed by atoms with Gasteiger partial charge in [0.25, 0.3) is 5.91 Å². The van der Waals surface area contributed by atoms with Crippen molar-refractivity contribution in [2.45, 2.75) is 19.9 Å². The summed E-state index contributed by atoms with van der Waals surface area (Å²) in [4.78, 5) is 40.8. The molecule has 0 radical (unpaired) electrons. The molecule has 2 heterocycles. The number of rotatable bonds is 8. The molecule has 1 aliphatic heterocycles. The molecule has 7 heteroatoms. The highest BCUT2D eigenvalue weighted by atomic mass is 16.5. The number of carbonyl (C=O) groups is 3. The van der Waals surface area contributed by atoms with E-state index in [1.165, 1.54) is 4.90 Å². The number of hydrogen-bond acceptors (Lipinski definition) is 6. The van der Waals surface area contributed by atoms with Crippen molar-refractivity contribution in [2.75, 3.05) is 18.1 Å². The average molecular weight is 447 g/mol. The number of furan rings is 1. The molecule has 170 valence electrons. The molecule has 1 aliphatic rings. The predicted molar refractivity (Wildman–Crippen MR) is 122 cm³/mol. The van der Waals surface area contributed by atoms with Gasteiger partial charge in [-0.3, -0.25) is 19.3 Å². The number of ketones is 2. The fourth-order valence-electron chi connectivity index (χ4n) is 4.15. The number of nitrogens with zero attached hydrogens (tertiary/aromatic N) is 1. The third kappa shape index (κ3) is 4.19. The van der Waals surface area contributed by atoms with Crippen LogP contribution in [0.15, 0.2) is 71.3 Å². The molecule has 0 aliphatic carbocycles. The van der Waals surface area contributed by atoms with Gasteiger partial charge in [0.1, 0.15) is 29.8 Å².